The molecule has 0 saturated carbocycles. The first-order valence-corrected chi connectivity index (χ1v) is 5.43. The van der Waals surface area contributed by atoms with Gasteiger partial charge in [0, 0.05) is 29.6 Å². The molecule has 0 bridgehead atoms. The molecule has 0 saturated heterocycles. The number of benzene rings is 1. The lowest BCUT2D eigenvalue weighted by Gasteiger charge is -2.08. The summed E-state index contributed by atoms with van der Waals surface area (Å²) in [7, 11) is 0. The second-order valence-corrected chi connectivity index (χ2v) is 3.78. The third kappa shape index (κ3) is 3.19. The van der Waals surface area contributed by atoms with Crippen LogP contribution in [0.25, 0.3) is 0 Å². The van der Waals surface area contributed by atoms with E-state index in [4.69, 9.17) is 0 Å². The number of hydrogen-bond acceptors (Lipinski definition) is 3. The van der Waals surface area contributed by atoms with Gasteiger partial charge in [0.2, 0.25) is 0 Å². The number of nitrogens with one attached hydrogen (secondary N) is 2. The van der Waals surface area contributed by atoms with E-state index < -0.39 is 6.61 Å². The van der Waals surface area contributed by atoms with Crippen molar-refractivity contribution in [3.05, 3.63) is 41.7 Å². The Labute approximate surface area is 103 Å². The van der Waals surface area contributed by atoms with Crippen LogP contribution < -0.4 is 10.1 Å². The number of aryl methyl sites for hydroxylation is 1. The van der Waals surface area contributed by atoms with E-state index in [0.29, 0.717) is 12.2 Å². The molecule has 6 heteroatoms. The summed E-state index contributed by atoms with van der Waals surface area (Å²) in [5.74, 6) is 0.138. The van der Waals surface area contributed by atoms with Gasteiger partial charge in [0.25, 0.3) is 0 Å². The van der Waals surface area contributed by atoms with Gasteiger partial charge in [-0.05, 0) is 19.1 Å². The van der Waals surface area contributed by atoms with Crippen LogP contribution in [0.15, 0.2) is 30.5 Å². The molecule has 0 radical (unpaired) electrons. The highest BCUT2D eigenvalue weighted by atomic mass is 19.3. The van der Waals surface area contributed by atoms with Gasteiger partial charge in [-0.15, -0.1) is 0 Å². The van der Waals surface area contributed by atoms with E-state index in [1.54, 1.807) is 18.3 Å². The maximum atomic E-state index is 12.1. The Morgan fingerprint density at radius 3 is 2.94 bits per heavy atom. The molecule has 4 nitrogen and oxygen atoms in total. The van der Waals surface area contributed by atoms with Crippen molar-refractivity contribution in [2.45, 2.75) is 20.1 Å². The summed E-state index contributed by atoms with van der Waals surface area (Å²) in [5.41, 5.74) is 2.71. The number of alkyl halides is 2. The number of ether oxygens (including phenoxy) is 1. The van der Waals surface area contributed by atoms with E-state index in [-0.39, 0.29) is 5.75 Å². The highest BCUT2D eigenvalue weighted by Gasteiger charge is 2.05. The first-order valence-electron chi connectivity index (χ1n) is 5.43. The Morgan fingerprint density at radius 1 is 1.44 bits per heavy atom. The van der Waals surface area contributed by atoms with Crippen molar-refractivity contribution in [2.24, 2.45) is 0 Å². The average Bonchev–Trinajstić information content (AvgIpc) is 2.72. The zero-order chi connectivity index (χ0) is 13.0. The molecular formula is C12H13F2N3O. The van der Waals surface area contributed by atoms with Crippen LogP contribution in [0.3, 0.4) is 0 Å². The molecule has 2 aromatic rings. The number of aromatic amines is 1. The van der Waals surface area contributed by atoms with Crippen LogP contribution in [-0.4, -0.2) is 16.8 Å². The number of nitrogens with zero attached hydrogens (tertiary/aromatic N) is 1. The van der Waals surface area contributed by atoms with E-state index in [1.807, 2.05) is 6.92 Å². The van der Waals surface area contributed by atoms with E-state index >= 15 is 0 Å². The quantitative estimate of drug-likeness (QED) is 0.861. The molecule has 0 spiro atoms. The third-order valence-electron chi connectivity index (χ3n) is 2.48. The Bertz CT molecular complexity index is 514. The molecular weight excluding hydrogens is 240 g/mol. The van der Waals surface area contributed by atoms with E-state index in [0.717, 1.165) is 11.3 Å². The average molecular weight is 253 g/mol. The molecule has 0 atom stereocenters. The van der Waals surface area contributed by atoms with Gasteiger partial charge in [-0.2, -0.15) is 13.9 Å². The topological polar surface area (TPSA) is 49.9 Å². The fourth-order valence-corrected chi connectivity index (χ4v) is 1.53. The summed E-state index contributed by atoms with van der Waals surface area (Å²) in [5, 5.41) is 9.85. The number of H-pyrrole nitrogens is 1. The van der Waals surface area contributed by atoms with Gasteiger partial charge < -0.3 is 10.1 Å². The second-order valence-electron chi connectivity index (χ2n) is 3.78. The number of anilines is 1. The van der Waals surface area contributed by atoms with Crippen LogP contribution in [0, 0.1) is 6.92 Å². The maximum absolute atomic E-state index is 12.1. The molecule has 0 aliphatic heterocycles. The molecule has 2 rings (SSSR count). The van der Waals surface area contributed by atoms with E-state index in [1.165, 1.54) is 12.1 Å². The molecule has 0 fully saturated rings. The lowest BCUT2D eigenvalue weighted by molar-refractivity contribution is -0.0498. The van der Waals surface area contributed by atoms with Gasteiger partial charge in [0.15, 0.2) is 0 Å². The summed E-state index contributed by atoms with van der Waals surface area (Å²) in [6, 6.07) is 6.46. The highest BCUT2D eigenvalue weighted by Crippen LogP contribution is 2.20. The van der Waals surface area contributed by atoms with Crippen LogP contribution in [0.5, 0.6) is 5.75 Å². The number of hydrogen-bond donors (Lipinski definition) is 2. The number of rotatable bonds is 5. The zero-order valence-corrected chi connectivity index (χ0v) is 9.78. The Kier molecular flexibility index (Phi) is 3.76. The van der Waals surface area contributed by atoms with Gasteiger partial charge >= 0.3 is 6.61 Å². The summed E-state index contributed by atoms with van der Waals surface area (Å²) in [6.45, 7) is -0.322. The van der Waals surface area contributed by atoms with Gasteiger partial charge in [0.1, 0.15) is 5.75 Å². The van der Waals surface area contributed by atoms with Crippen LogP contribution in [-0.2, 0) is 6.54 Å². The van der Waals surface area contributed by atoms with Gasteiger partial charge in [-0.25, -0.2) is 0 Å². The van der Waals surface area contributed by atoms with Crippen molar-refractivity contribution in [3.8, 4) is 5.75 Å². The minimum atomic E-state index is -2.81. The summed E-state index contributed by atoms with van der Waals surface area (Å²) in [4.78, 5) is 0. The molecule has 96 valence electrons. The van der Waals surface area contributed by atoms with Gasteiger partial charge in [0.05, 0.1) is 6.20 Å². The Hall–Kier alpha value is -2.11. The summed E-state index contributed by atoms with van der Waals surface area (Å²) >= 11 is 0. The maximum Gasteiger partial charge on any atom is 0.387 e. The van der Waals surface area contributed by atoms with Crippen LogP contribution in [0.4, 0.5) is 14.5 Å². The van der Waals surface area contributed by atoms with Crippen molar-refractivity contribution in [1.82, 2.24) is 10.2 Å². The molecule has 0 aliphatic rings. The fourth-order valence-electron chi connectivity index (χ4n) is 1.53. The molecule has 0 aliphatic carbocycles. The summed E-state index contributed by atoms with van der Waals surface area (Å²) in [6.07, 6.45) is 1.72. The van der Waals surface area contributed by atoms with Gasteiger partial charge in [-0.3, -0.25) is 5.10 Å². The van der Waals surface area contributed by atoms with Crippen molar-refractivity contribution in [3.63, 3.8) is 0 Å². The van der Waals surface area contributed by atoms with Crippen LogP contribution >= 0.6 is 0 Å². The minimum absolute atomic E-state index is 0.138. The van der Waals surface area contributed by atoms with Crippen molar-refractivity contribution in [1.29, 1.82) is 0 Å². The predicted molar refractivity (Wildman–Crippen MR) is 63.7 cm³/mol. The molecule has 18 heavy (non-hydrogen) atoms. The van der Waals surface area contributed by atoms with E-state index in [2.05, 4.69) is 20.3 Å². The van der Waals surface area contributed by atoms with Crippen molar-refractivity contribution in [2.75, 3.05) is 5.32 Å². The number of aromatic nitrogens is 2. The van der Waals surface area contributed by atoms with Crippen molar-refractivity contribution < 1.29 is 13.5 Å². The van der Waals surface area contributed by atoms with Crippen LogP contribution in [0.1, 0.15) is 11.3 Å². The molecule has 0 amide bonds. The highest BCUT2D eigenvalue weighted by molar-refractivity contribution is 5.48. The summed E-state index contributed by atoms with van der Waals surface area (Å²) < 4.78 is 28.4. The first kappa shape index (κ1) is 12.3. The Balaban J connectivity index is 1.99. The lowest BCUT2D eigenvalue weighted by Crippen LogP contribution is -2.03. The molecule has 1 aromatic heterocycles. The van der Waals surface area contributed by atoms with Crippen molar-refractivity contribution >= 4 is 5.69 Å². The fraction of sp³-hybridized carbons (Fsp3) is 0.250. The normalized spacial score (nSPS) is 10.7. The predicted octanol–water partition coefficient (Wildman–Crippen LogP) is 2.93. The monoisotopic (exact) mass is 253 g/mol. The molecule has 1 aromatic carbocycles. The largest absolute Gasteiger partial charge is 0.435 e. The molecule has 1 heterocycles. The molecule has 0 unspecified atom stereocenters. The molecule has 2 N–H and O–H groups in total. The standard InChI is InChI=1S/C12H13F2N3O/c1-8-9(7-16-17-8)6-15-10-3-2-4-11(5-10)18-12(13)14/h2-5,7,12,15H,6H2,1H3,(H,16,17). The third-order valence-corrected chi connectivity index (χ3v) is 2.48. The van der Waals surface area contributed by atoms with Crippen LogP contribution in [0.2, 0.25) is 0 Å². The number of halogens is 2. The lowest BCUT2D eigenvalue weighted by atomic mass is 10.2. The van der Waals surface area contributed by atoms with E-state index in [9.17, 15) is 8.78 Å². The first-order chi connectivity index (χ1) is 8.65. The SMILES string of the molecule is Cc1[nH]ncc1CNc1cccc(OC(F)F)c1. The smallest absolute Gasteiger partial charge is 0.387 e. The second kappa shape index (κ2) is 5.48. The van der Waals surface area contributed by atoms with Gasteiger partial charge in [-0.1, -0.05) is 6.07 Å². The zero-order valence-electron chi connectivity index (χ0n) is 9.78. The minimum Gasteiger partial charge on any atom is -0.435 e. The Morgan fingerprint density at radius 2 is 2.28 bits per heavy atom.